The molecule has 3 aromatic carbocycles. The second-order valence-electron chi connectivity index (χ2n) is 11.8. The smallest absolute Gasteiger partial charge is 0.251 e. The summed E-state index contributed by atoms with van der Waals surface area (Å²) in [5.74, 6) is -5.68. The summed E-state index contributed by atoms with van der Waals surface area (Å²) < 4.78 is 46.0. The van der Waals surface area contributed by atoms with Crippen LogP contribution in [0.2, 0.25) is 0 Å². The maximum Gasteiger partial charge on any atom is 0.251 e. The van der Waals surface area contributed by atoms with Gasteiger partial charge in [-0.15, -0.1) is 0 Å². The molecule has 7 nitrogen and oxygen atoms in total. The number of pyridine rings is 1. The zero-order valence-electron chi connectivity index (χ0n) is 24.5. The van der Waals surface area contributed by atoms with Crippen molar-refractivity contribution in [2.45, 2.75) is 44.6 Å². The molecule has 0 spiro atoms. The van der Waals surface area contributed by atoms with E-state index in [4.69, 9.17) is 4.98 Å². The molecule has 0 bridgehead atoms. The monoisotopic (exact) mass is 609 g/mol. The van der Waals surface area contributed by atoms with Crippen LogP contribution >= 0.6 is 0 Å². The van der Waals surface area contributed by atoms with Crippen molar-refractivity contribution in [2.75, 3.05) is 11.4 Å². The van der Waals surface area contributed by atoms with Crippen LogP contribution in [0.3, 0.4) is 0 Å². The summed E-state index contributed by atoms with van der Waals surface area (Å²) in [6, 6.07) is 21.6. The van der Waals surface area contributed by atoms with Crippen LogP contribution in [0.25, 0.3) is 27.8 Å². The Hall–Kier alpha value is -4.99. The predicted octanol–water partition coefficient (Wildman–Crippen LogP) is 6.66. The van der Waals surface area contributed by atoms with Crippen LogP contribution in [0.5, 0.6) is 0 Å². The van der Waals surface area contributed by atoms with Gasteiger partial charge < -0.3 is 10.2 Å². The molecule has 0 radical (unpaired) electrons. The molecule has 2 amide bonds. The fraction of sp³-hybridized carbons (Fsp3) is 0.257. The highest BCUT2D eigenvalue weighted by molar-refractivity contribution is 6.08. The van der Waals surface area contributed by atoms with Crippen molar-refractivity contribution in [3.63, 3.8) is 0 Å². The number of hydrogen-bond acceptors (Lipinski definition) is 4. The van der Waals surface area contributed by atoms with Crippen molar-refractivity contribution in [2.24, 2.45) is 5.92 Å². The molecule has 2 aliphatic rings. The summed E-state index contributed by atoms with van der Waals surface area (Å²) in [5.41, 5.74) is 5.25. The minimum atomic E-state index is -3.06. The Morgan fingerprint density at radius 2 is 1.78 bits per heavy atom. The number of alkyl halides is 2. The quantitative estimate of drug-likeness (QED) is 0.242. The lowest BCUT2D eigenvalue weighted by Crippen LogP contribution is -2.52. The van der Waals surface area contributed by atoms with Gasteiger partial charge in [0.15, 0.2) is 0 Å². The van der Waals surface area contributed by atoms with Crippen LogP contribution in [0.1, 0.15) is 40.9 Å². The predicted molar refractivity (Wildman–Crippen MR) is 165 cm³/mol. The number of rotatable bonds is 5. The summed E-state index contributed by atoms with van der Waals surface area (Å²) in [6.45, 7) is 2.12. The van der Waals surface area contributed by atoms with Gasteiger partial charge in [-0.05, 0) is 68.3 Å². The molecule has 0 unspecified atom stereocenters. The Morgan fingerprint density at radius 3 is 2.51 bits per heavy atom. The van der Waals surface area contributed by atoms with Gasteiger partial charge in [0.25, 0.3) is 5.91 Å². The van der Waals surface area contributed by atoms with E-state index in [-0.39, 0.29) is 13.0 Å². The number of fused-ring (bicyclic) bond motifs is 3. The van der Waals surface area contributed by atoms with Gasteiger partial charge in [0, 0.05) is 53.7 Å². The third kappa shape index (κ3) is 5.45. The largest absolute Gasteiger partial charge is 0.348 e. The van der Waals surface area contributed by atoms with Gasteiger partial charge in [0.05, 0.1) is 34.2 Å². The standard InChI is InChI=1S/C35H30F3N5O2/c1-21-14-18-43(41-21)25-10-7-23(8-11-25)33(44)40-30-13-16-35(37,38)20-28(30)34(45)42-17-15-26-31(22-5-3-2-4-6-22)39-29-12-9-24(36)19-27(29)32(26)42/h2-12,14,18-19,28,30H,13,15-17,20H2,1H3,(H,40,44)/t28-,30-/m1/s1. The number of aryl methyl sites for hydroxylation is 1. The Labute approximate surface area is 257 Å². The fourth-order valence-electron chi connectivity index (χ4n) is 6.54. The summed E-state index contributed by atoms with van der Waals surface area (Å²) in [7, 11) is 0. The second kappa shape index (κ2) is 11.2. The van der Waals surface area contributed by atoms with Crippen molar-refractivity contribution < 1.29 is 22.8 Å². The second-order valence-corrected chi connectivity index (χ2v) is 11.8. The zero-order valence-corrected chi connectivity index (χ0v) is 24.5. The van der Waals surface area contributed by atoms with Gasteiger partial charge in [0.2, 0.25) is 11.8 Å². The first kappa shape index (κ1) is 28.8. The van der Waals surface area contributed by atoms with Crippen LogP contribution in [0.4, 0.5) is 18.9 Å². The van der Waals surface area contributed by atoms with Gasteiger partial charge in [0.1, 0.15) is 5.82 Å². The van der Waals surface area contributed by atoms with E-state index >= 15 is 0 Å². The van der Waals surface area contributed by atoms with Crippen molar-refractivity contribution in [3.05, 3.63) is 108 Å². The molecule has 0 saturated heterocycles. The zero-order chi connectivity index (χ0) is 31.3. The first-order valence-corrected chi connectivity index (χ1v) is 15.0. The number of hydrogen-bond donors (Lipinski definition) is 1. The molecular formula is C35H30F3N5O2. The van der Waals surface area contributed by atoms with E-state index in [2.05, 4.69) is 10.4 Å². The molecule has 1 aliphatic carbocycles. The van der Waals surface area contributed by atoms with E-state index in [1.165, 1.54) is 17.0 Å². The maximum absolute atomic E-state index is 14.9. The number of amides is 2. The molecule has 1 aliphatic heterocycles. The first-order chi connectivity index (χ1) is 21.7. The van der Waals surface area contributed by atoms with Crippen LogP contribution in [0.15, 0.2) is 85.1 Å². The van der Waals surface area contributed by atoms with Gasteiger partial charge >= 0.3 is 0 Å². The molecule has 45 heavy (non-hydrogen) atoms. The summed E-state index contributed by atoms with van der Waals surface area (Å²) in [4.78, 5) is 33.9. The van der Waals surface area contributed by atoms with Gasteiger partial charge in [-0.1, -0.05) is 30.3 Å². The Bertz CT molecular complexity index is 1920. The number of carbonyl (C=O) groups is 2. The molecule has 10 heteroatoms. The average molecular weight is 610 g/mol. The first-order valence-electron chi connectivity index (χ1n) is 15.0. The number of nitrogens with zero attached hydrogens (tertiary/aromatic N) is 4. The SMILES string of the molecule is Cc1ccn(-c2ccc(C(=O)N[C@@H]3CCC(F)(F)C[C@H]3C(=O)N3CCc4c(-c5ccccc5)nc5ccc(F)cc5c43)cc2)n1. The number of benzene rings is 3. The van der Waals surface area contributed by atoms with Crippen molar-refractivity contribution in [1.29, 1.82) is 0 Å². The van der Waals surface area contributed by atoms with Crippen molar-refractivity contribution in [1.82, 2.24) is 20.1 Å². The molecule has 1 fully saturated rings. The van der Waals surface area contributed by atoms with Crippen molar-refractivity contribution >= 4 is 28.4 Å². The number of nitrogens with one attached hydrogen (secondary N) is 1. The maximum atomic E-state index is 14.9. The lowest BCUT2D eigenvalue weighted by atomic mass is 9.81. The molecule has 2 aromatic heterocycles. The summed E-state index contributed by atoms with van der Waals surface area (Å²) in [5, 5.41) is 7.70. The summed E-state index contributed by atoms with van der Waals surface area (Å²) >= 11 is 0. The highest BCUT2D eigenvalue weighted by Crippen LogP contribution is 2.44. The average Bonchev–Trinajstić information content (AvgIpc) is 3.69. The Balaban J connectivity index is 1.20. The Morgan fingerprint density at radius 1 is 1.00 bits per heavy atom. The molecule has 2 atom stereocenters. The van der Waals surface area contributed by atoms with E-state index in [9.17, 15) is 22.8 Å². The van der Waals surface area contributed by atoms with E-state index in [0.29, 0.717) is 34.3 Å². The van der Waals surface area contributed by atoms with Gasteiger partial charge in [-0.3, -0.25) is 9.59 Å². The molecular weight excluding hydrogens is 579 g/mol. The highest BCUT2D eigenvalue weighted by atomic mass is 19.3. The Kier molecular flexibility index (Phi) is 7.14. The molecule has 5 aromatic rings. The third-order valence-electron chi connectivity index (χ3n) is 8.76. The molecule has 1 N–H and O–H groups in total. The molecule has 1 saturated carbocycles. The lowest BCUT2D eigenvalue weighted by molar-refractivity contribution is -0.131. The minimum Gasteiger partial charge on any atom is -0.348 e. The molecule has 7 rings (SSSR count). The fourth-order valence-corrected chi connectivity index (χ4v) is 6.54. The lowest BCUT2D eigenvalue weighted by Gasteiger charge is -2.37. The third-order valence-corrected chi connectivity index (χ3v) is 8.76. The van der Waals surface area contributed by atoms with Crippen LogP contribution in [0, 0.1) is 18.7 Å². The van der Waals surface area contributed by atoms with E-state index in [1.54, 1.807) is 35.0 Å². The molecule has 228 valence electrons. The molecule has 3 heterocycles. The number of anilines is 1. The van der Waals surface area contributed by atoms with Crippen LogP contribution in [-0.4, -0.2) is 45.1 Å². The number of halogens is 3. The van der Waals surface area contributed by atoms with Gasteiger partial charge in [-0.25, -0.2) is 22.8 Å². The number of carbonyl (C=O) groups excluding carboxylic acids is 2. The van der Waals surface area contributed by atoms with E-state index in [0.717, 1.165) is 22.5 Å². The minimum absolute atomic E-state index is 0.0541. The highest BCUT2D eigenvalue weighted by Gasteiger charge is 2.47. The van der Waals surface area contributed by atoms with Crippen LogP contribution in [-0.2, 0) is 11.2 Å². The number of aromatic nitrogens is 3. The normalized spacial score (nSPS) is 19.0. The summed E-state index contributed by atoms with van der Waals surface area (Å²) in [6.07, 6.45) is 1.07. The topological polar surface area (TPSA) is 80.1 Å². The van der Waals surface area contributed by atoms with Crippen molar-refractivity contribution in [3.8, 4) is 16.9 Å². The van der Waals surface area contributed by atoms with Gasteiger partial charge in [-0.2, -0.15) is 5.10 Å². The van der Waals surface area contributed by atoms with E-state index in [1.807, 2.05) is 49.5 Å². The van der Waals surface area contributed by atoms with Crippen LogP contribution < -0.4 is 10.2 Å². The van der Waals surface area contributed by atoms with E-state index < -0.39 is 48.4 Å².